The SMILES string of the molecule is Cc1ncc(COc2ccc3sc(C)c(C(=O)N[C@H](C)C(N)=O)c3c2)s1. The minimum atomic E-state index is -0.731. The summed E-state index contributed by atoms with van der Waals surface area (Å²) in [5.74, 6) is -0.201. The summed E-state index contributed by atoms with van der Waals surface area (Å²) in [5.41, 5.74) is 5.79. The molecule has 0 spiro atoms. The van der Waals surface area contributed by atoms with Crippen LogP contribution >= 0.6 is 22.7 Å². The first kappa shape index (κ1) is 18.3. The Bertz CT molecular complexity index is 977. The number of rotatable bonds is 6. The zero-order valence-electron chi connectivity index (χ0n) is 14.7. The van der Waals surface area contributed by atoms with Crippen molar-refractivity contribution in [3.63, 3.8) is 0 Å². The molecule has 0 radical (unpaired) electrons. The Hall–Kier alpha value is -2.45. The molecular weight excluding hydrogens is 370 g/mol. The third kappa shape index (κ3) is 3.86. The summed E-state index contributed by atoms with van der Waals surface area (Å²) in [5, 5.41) is 4.44. The fraction of sp³-hybridized carbons (Fsp3) is 0.278. The highest BCUT2D eigenvalue weighted by atomic mass is 32.1. The molecule has 3 N–H and O–H groups in total. The number of benzene rings is 1. The van der Waals surface area contributed by atoms with Gasteiger partial charge in [0.1, 0.15) is 18.4 Å². The van der Waals surface area contributed by atoms with Crippen LogP contribution in [0.15, 0.2) is 24.4 Å². The molecular formula is C18H19N3O3S2. The number of thiophene rings is 1. The van der Waals surface area contributed by atoms with Gasteiger partial charge in [-0.3, -0.25) is 9.59 Å². The van der Waals surface area contributed by atoms with Crippen molar-refractivity contribution in [2.75, 3.05) is 0 Å². The van der Waals surface area contributed by atoms with Gasteiger partial charge in [-0.1, -0.05) is 0 Å². The number of carbonyl (C=O) groups excluding carboxylic acids is 2. The lowest BCUT2D eigenvalue weighted by Gasteiger charge is -2.10. The zero-order chi connectivity index (χ0) is 18.8. The second kappa shape index (κ2) is 7.43. The van der Waals surface area contributed by atoms with Crippen molar-refractivity contribution in [2.45, 2.75) is 33.4 Å². The van der Waals surface area contributed by atoms with Crippen molar-refractivity contribution in [3.8, 4) is 5.75 Å². The van der Waals surface area contributed by atoms with E-state index in [-0.39, 0.29) is 5.91 Å². The summed E-state index contributed by atoms with van der Waals surface area (Å²) < 4.78 is 6.83. The summed E-state index contributed by atoms with van der Waals surface area (Å²) in [6.07, 6.45) is 1.80. The molecule has 0 saturated heterocycles. The predicted molar refractivity (Wildman–Crippen MR) is 104 cm³/mol. The second-order valence-electron chi connectivity index (χ2n) is 5.92. The van der Waals surface area contributed by atoms with E-state index in [0.717, 1.165) is 24.8 Å². The summed E-state index contributed by atoms with van der Waals surface area (Å²) in [6.45, 7) is 5.83. The van der Waals surface area contributed by atoms with Crippen molar-refractivity contribution < 1.29 is 14.3 Å². The molecule has 0 aliphatic carbocycles. The van der Waals surface area contributed by atoms with Gasteiger partial charge in [0.25, 0.3) is 5.91 Å². The molecule has 2 heterocycles. The number of nitrogens with zero attached hydrogens (tertiary/aromatic N) is 1. The molecule has 3 aromatic rings. The summed E-state index contributed by atoms with van der Waals surface area (Å²) in [6, 6.07) is 4.95. The Morgan fingerprint density at radius 2 is 2.08 bits per heavy atom. The molecule has 136 valence electrons. The van der Waals surface area contributed by atoms with E-state index in [1.54, 1.807) is 24.5 Å². The Morgan fingerprint density at radius 3 is 2.73 bits per heavy atom. The molecule has 0 unspecified atom stereocenters. The molecule has 0 fully saturated rings. The topological polar surface area (TPSA) is 94.3 Å². The number of amides is 2. The van der Waals surface area contributed by atoms with Gasteiger partial charge < -0.3 is 15.8 Å². The van der Waals surface area contributed by atoms with E-state index < -0.39 is 11.9 Å². The molecule has 3 rings (SSSR count). The van der Waals surface area contributed by atoms with Crippen LogP contribution in [0.2, 0.25) is 0 Å². The molecule has 1 atom stereocenters. The van der Waals surface area contributed by atoms with Crippen LogP contribution in [0.5, 0.6) is 5.75 Å². The maximum absolute atomic E-state index is 12.6. The highest BCUT2D eigenvalue weighted by Gasteiger charge is 2.20. The largest absolute Gasteiger partial charge is 0.488 e. The first-order chi connectivity index (χ1) is 12.3. The van der Waals surface area contributed by atoms with Gasteiger partial charge in [0.2, 0.25) is 5.91 Å². The van der Waals surface area contributed by atoms with Crippen molar-refractivity contribution in [1.82, 2.24) is 10.3 Å². The van der Waals surface area contributed by atoms with Crippen molar-refractivity contribution >= 4 is 44.6 Å². The lowest BCUT2D eigenvalue weighted by atomic mass is 10.1. The minimum Gasteiger partial charge on any atom is -0.488 e. The molecule has 8 heteroatoms. The van der Waals surface area contributed by atoms with Crippen LogP contribution in [-0.2, 0) is 11.4 Å². The number of carbonyl (C=O) groups is 2. The minimum absolute atomic E-state index is 0.310. The summed E-state index contributed by atoms with van der Waals surface area (Å²) >= 11 is 3.12. The van der Waals surface area contributed by atoms with Gasteiger partial charge in [-0.25, -0.2) is 4.98 Å². The average molecular weight is 390 g/mol. The third-order valence-electron chi connectivity index (χ3n) is 3.89. The van der Waals surface area contributed by atoms with E-state index in [0.29, 0.717) is 17.9 Å². The quantitative estimate of drug-likeness (QED) is 0.677. The fourth-order valence-corrected chi connectivity index (χ4v) is 4.29. The number of thiazole rings is 1. The van der Waals surface area contributed by atoms with E-state index >= 15 is 0 Å². The first-order valence-corrected chi connectivity index (χ1v) is 9.66. The van der Waals surface area contributed by atoms with Gasteiger partial charge in [-0.15, -0.1) is 22.7 Å². The number of hydrogen-bond acceptors (Lipinski definition) is 6. The van der Waals surface area contributed by atoms with Crippen LogP contribution in [0.1, 0.15) is 32.0 Å². The number of nitrogens with two attached hydrogens (primary N) is 1. The molecule has 1 aromatic carbocycles. The zero-order valence-corrected chi connectivity index (χ0v) is 16.3. The van der Waals surface area contributed by atoms with Crippen LogP contribution in [0.4, 0.5) is 0 Å². The number of fused-ring (bicyclic) bond motifs is 1. The molecule has 0 bridgehead atoms. The van der Waals surface area contributed by atoms with Gasteiger partial charge in [-0.2, -0.15) is 0 Å². The Balaban J connectivity index is 1.85. The van der Waals surface area contributed by atoms with E-state index in [9.17, 15) is 9.59 Å². The number of aromatic nitrogens is 1. The van der Waals surface area contributed by atoms with Crippen molar-refractivity contribution in [1.29, 1.82) is 0 Å². The summed E-state index contributed by atoms with van der Waals surface area (Å²) in [7, 11) is 0. The number of aryl methyl sites for hydroxylation is 2. The normalized spacial score (nSPS) is 12.1. The van der Waals surface area contributed by atoms with E-state index in [1.807, 2.05) is 32.0 Å². The third-order valence-corrected chi connectivity index (χ3v) is 5.86. The maximum atomic E-state index is 12.6. The fourth-order valence-electron chi connectivity index (χ4n) is 2.54. The number of hydrogen-bond donors (Lipinski definition) is 2. The van der Waals surface area contributed by atoms with Crippen LogP contribution in [0, 0.1) is 13.8 Å². The number of ether oxygens (including phenoxy) is 1. The molecule has 0 aliphatic rings. The maximum Gasteiger partial charge on any atom is 0.253 e. The molecule has 0 aliphatic heterocycles. The standard InChI is InChI=1S/C18H19N3O3S2/c1-9(17(19)22)21-18(23)16-10(2)25-15-5-4-12(6-14(15)16)24-8-13-7-20-11(3)26-13/h4-7,9H,8H2,1-3H3,(H2,19,22)(H,21,23)/t9-/m1/s1. The predicted octanol–water partition coefficient (Wildman–Crippen LogP) is 3.16. The van der Waals surface area contributed by atoms with E-state index in [4.69, 9.17) is 10.5 Å². The monoisotopic (exact) mass is 389 g/mol. The molecule has 2 amide bonds. The van der Waals surface area contributed by atoms with Crippen LogP contribution < -0.4 is 15.8 Å². The van der Waals surface area contributed by atoms with Crippen molar-refractivity contribution in [2.24, 2.45) is 5.73 Å². The molecule has 26 heavy (non-hydrogen) atoms. The van der Waals surface area contributed by atoms with Crippen LogP contribution in [-0.4, -0.2) is 22.8 Å². The highest BCUT2D eigenvalue weighted by Crippen LogP contribution is 2.33. The van der Waals surface area contributed by atoms with Crippen molar-refractivity contribution in [3.05, 3.63) is 44.7 Å². The lowest BCUT2D eigenvalue weighted by molar-refractivity contribution is -0.119. The van der Waals surface area contributed by atoms with Gasteiger partial charge in [0.15, 0.2) is 0 Å². The molecule has 0 saturated carbocycles. The highest BCUT2D eigenvalue weighted by molar-refractivity contribution is 7.19. The van der Waals surface area contributed by atoms with Gasteiger partial charge in [0, 0.05) is 21.2 Å². The van der Waals surface area contributed by atoms with Gasteiger partial charge in [0.05, 0.1) is 15.4 Å². The molecule has 2 aromatic heterocycles. The second-order valence-corrected chi connectivity index (χ2v) is 8.50. The van der Waals surface area contributed by atoms with Gasteiger partial charge in [-0.05, 0) is 39.0 Å². The van der Waals surface area contributed by atoms with Gasteiger partial charge >= 0.3 is 0 Å². The first-order valence-electron chi connectivity index (χ1n) is 8.02. The van der Waals surface area contributed by atoms with Crippen LogP contribution in [0.25, 0.3) is 10.1 Å². The lowest BCUT2D eigenvalue weighted by Crippen LogP contribution is -2.42. The number of primary amides is 1. The number of nitrogens with one attached hydrogen (secondary N) is 1. The van der Waals surface area contributed by atoms with Crippen LogP contribution in [0.3, 0.4) is 0 Å². The Morgan fingerprint density at radius 1 is 1.31 bits per heavy atom. The Kier molecular flexibility index (Phi) is 5.24. The summed E-state index contributed by atoms with van der Waals surface area (Å²) in [4.78, 5) is 29.9. The average Bonchev–Trinajstić information content (AvgIpc) is 3.14. The Labute approximate surface area is 159 Å². The van der Waals surface area contributed by atoms with E-state index in [2.05, 4.69) is 10.3 Å². The molecule has 6 nitrogen and oxygen atoms in total. The van der Waals surface area contributed by atoms with E-state index in [1.165, 1.54) is 11.3 Å². The smallest absolute Gasteiger partial charge is 0.253 e.